The van der Waals surface area contributed by atoms with E-state index in [1.165, 1.54) is 48.5 Å². The largest absolute Gasteiger partial charge is 0.302 e. The van der Waals surface area contributed by atoms with Gasteiger partial charge in [0.2, 0.25) is 0 Å². The van der Waals surface area contributed by atoms with Gasteiger partial charge in [-0.3, -0.25) is 9.69 Å². The second kappa shape index (κ2) is 8.68. The van der Waals surface area contributed by atoms with Gasteiger partial charge in [0, 0.05) is 23.9 Å². The summed E-state index contributed by atoms with van der Waals surface area (Å²) in [5.74, 6) is 0.142. The molecule has 29 heavy (non-hydrogen) atoms. The molecule has 2 saturated heterocycles. The minimum atomic E-state index is 0.0410. The summed E-state index contributed by atoms with van der Waals surface area (Å²) >= 11 is 3.42. The highest BCUT2D eigenvalue weighted by Crippen LogP contribution is 2.36. The molecule has 0 aromatic carbocycles. The maximum atomic E-state index is 13.4. The fraction of sp³-hybridized carbons (Fsp3) is 0.545. The number of nitrogens with zero attached hydrogens (tertiary/aromatic N) is 4. The molecule has 7 heteroatoms. The van der Waals surface area contributed by atoms with E-state index in [0.717, 1.165) is 25.2 Å². The smallest absolute Gasteiger partial charge is 0.257 e. The number of thiophene rings is 2. The first-order chi connectivity index (χ1) is 14.3. The third kappa shape index (κ3) is 4.19. The van der Waals surface area contributed by atoms with Gasteiger partial charge in [0.25, 0.3) is 5.91 Å². The lowest BCUT2D eigenvalue weighted by atomic mass is 10.1. The maximum absolute atomic E-state index is 13.4. The lowest BCUT2D eigenvalue weighted by molar-refractivity contribution is -0.134. The van der Waals surface area contributed by atoms with Crippen LogP contribution in [-0.4, -0.2) is 65.2 Å². The summed E-state index contributed by atoms with van der Waals surface area (Å²) in [4.78, 5) is 20.8. The van der Waals surface area contributed by atoms with Gasteiger partial charge in [-0.2, -0.15) is 5.10 Å². The van der Waals surface area contributed by atoms with Crippen LogP contribution in [0.3, 0.4) is 0 Å². The number of likely N-dealkylation sites (tertiary alicyclic amines) is 2. The molecule has 154 valence electrons. The van der Waals surface area contributed by atoms with Crippen LogP contribution in [0.2, 0.25) is 0 Å². The second-order valence-corrected chi connectivity index (χ2v) is 10.2. The predicted octanol–water partition coefficient (Wildman–Crippen LogP) is 4.05. The summed E-state index contributed by atoms with van der Waals surface area (Å²) in [7, 11) is 0. The van der Waals surface area contributed by atoms with Gasteiger partial charge >= 0.3 is 0 Å². The predicted molar refractivity (Wildman–Crippen MR) is 120 cm³/mol. The van der Waals surface area contributed by atoms with E-state index in [-0.39, 0.29) is 11.9 Å². The summed E-state index contributed by atoms with van der Waals surface area (Å²) in [6.45, 7) is 5.08. The van der Waals surface area contributed by atoms with Gasteiger partial charge in [-0.05, 0) is 68.2 Å². The van der Waals surface area contributed by atoms with Crippen molar-refractivity contribution in [1.29, 1.82) is 0 Å². The van der Waals surface area contributed by atoms with Gasteiger partial charge in [-0.25, -0.2) is 5.01 Å². The highest BCUT2D eigenvalue weighted by atomic mass is 32.1. The quantitative estimate of drug-likeness (QED) is 0.697. The molecule has 0 radical (unpaired) electrons. The molecule has 0 spiro atoms. The highest BCUT2D eigenvalue weighted by molar-refractivity contribution is 7.12. The standard InChI is InChI=1S/C22H28N4OS2/c27-22(16-25-11-3-6-17(25)15-24-9-1-2-10-24)26-19(21-8-5-13-29-21)14-18(23-26)20-7-4-12-28-20/h4-5,7-8,12-13,17,19H,1-3,6,9-11,14-16H2. The van der Waals surface area contributed by atoms with Crippen LogP contribution in [0.25, 0.3) is 0 Å². The van der Waals surface area contributed by atoms with Crippen LogP contribution >= 0.6 is 22.7 Å². The van der Waals surface area contributed by atoms with Crippen LogP contribution in [0.5, 0.6) is 0 Å². The number of rotatable bonds is 6. The Kier molecular flexibility index (Phi) is 5.81. The molecule has 1 amide bonds. The molecule has 0 N–H and O–H groups in total. The van der Waals surface area contributed by atoms with E-state index in [4.69, 9.17) is 5.10 Å². The molecule has 2 aromatic rings. The zero-order chi connectivity index (χ0) is 19.6. The molecule has 5 heterocycles. The highest BCUT2D eigenvalue weighted by Gasteiger charge is 2.36. The lowest BCUT2D eigenvalue weighted by Crippen LogP contribution is -2.44. The lowest BCUT2D eigenvalue weighted by Gasteiger charge is -2.29. The monoisotopic (exact) mass is 428 g/mol. The van der Waals surface area contributed by atoms with E-state index in [9.17, 15) is 4.79 Å². The molecule has 5 nitrogen and oxygen atoms in total. The minimum Gasteiger partial charge on any atom is -0.302 e. The summed E-state index contributed by atoms with van der Waals surface area (Å²) < 4.78 is 0. The van der Waals surface area contributed by atoms with Crippen LogP contribution in [0, 0.1) is 0 Å². The molecule has 2 aromatic heterocycles. The van der Waals surface area contributed by atoms with Gasteiger partial charge in [0.15, 0.2) is 0 Å². The van der Waals surface area contributed by atoms with Crippen molar-refractivity contribution in [3.05, 3.63) is 44.8 Å². The molecular weight excluding hydrogens is 400 g/mol. The Morgan fingerprint density at radius 1 is 1.07 bits per heavy atom. The number of hydrogen-bond donors (Lipinski definition) is 0. The van der Waals surface area contributed by atoms with Gasteiger partial charge in [-0.1, -0.05) is 12.1 Å². The molecule has 3 aliphatic rings. The van der Waals surface area contributed by atoms with E-state index in [1.807, 2.05) is 0 Å². The van der Waals surface area contributed by atoms with Crippen LogP contribution in [0.4, 0.5) is 0 Å². The first kappa shape index (κ1) is 19.4. The van der Waals surface area contributed by atoms with Crippen molar-refractivity contribution < 1.29 is 4.79 Å². The van der Waals surface area contributed by atoms with E-state index in [2.05, 4.69) is 44.8 Å². The van der Waals surface area contributed by atoms with Gasteiger partial charge < -0.3 is 4.90 Å². The Morgan fingerprint density at radius 2 is 1.90 bits per heavy atom. The Balaban J connectivity index is 1.31. The number of amides is 1. The first-order valence-electron chi connectivity index (χ1n) is 10.7. The molecule has 3 aliphatic heterocycles. The molecule has 2 fully saturated rings. The number of hydrazone groups is 1. The average molecular weight is 429 g/mol. The molecular formula is C22H28N4OS2. The van der Waals surface area contributed by atoms with Crippen LogP contribution in [0.1, 0.15) is 47.9 Å². The molecule has 0 saturated carbocycles. The fourth-order valence-electron chi connectivity index (χ4n) is 4.85. The third-order valence-electron chi connectivity index (χ3n) is 6.35. The summed E-state index contributed by atoms with van der Waals surface area (Å²) in [5, 5.41) is 10.8. The summed E-state index contributed by atoms with van der Waals surface area (Å²) in [6, 6.07) is 8.92. The number of carbonyl (C=O) groups excluding carboxylic acids is 1. The van der Waals surface area contributed by atoms with Crippen molar-refractivity contribution >= 4 is 34.3 Å². The van der Waals surface area contributed by atoms with Crippen LogP contribution in [-0.2, 0) is 4.79 Å². The van der Waals surface area contributed by atoms with Crippen molar-refractivity contribution in [1.82, 2.24) is 14.8 Å². The van der Waals surface area contributed by atoms with E-state index >= 15 is 0 Å². The zero-order valence-corrected chi connectivity index (χ0v) is 18.3. The summed E-state index contributed by atoms with van der Waals surface area (Å²) in [5.41, 5.74) is 1.04. The second-order valence-electron chi connectivity index (χ2n) is 8.27. The molecule has 5 rings (SSSR count). The molecule has 0 bridgehead atoms. The topological polar surface area (TPSA) is 39.2 Å². The number of hydrogen-bond acceptors (Lipinski definition) is 6. The van der Waals surface area contributed by atoms with Gasteiger partial charge in [0.1, 0.15) is 0 Å². The molecule has 0 aliphatic carbocycles. The van der Waals surface area contributed by atoms with Crippen LogP contribution < -0.4 is 0 Å². The Hall–Kier alpha value is -1.54. The average Bonchev–Trinajstić information content (AvgIpc) is 3.53. The van der Waals surface area contributed by atoms with E-state index < -0.39 is 0 Å². The Bertz CT molecular complexity index is 842. The zero-order valence-electron chi connectivity index (χ0n) is 16.7. The van der Waals surface area contributed by atoms with E-state index in [1.54, 1.807) is 27.7 Å². The molecule has 2 atom stereocenters. The Labute approximate surface area is 180 Å². The van der Waals surface area contributed by atoms with Crippen molar-refractivity contribution in [3.63, 3.8) is 0 Å². The fourth-order valence-corrected chi connectivity index (χ4v) is 6.39. The van der Waals surface area contributed by atoms with Crippen LogP contribution in [0.15, 0.2) is 40.1 Å². The minimum absolute atomic E-state index is 0.0410. The maximum Gasteiger partial charge on any atom is 0.257 e. The molecule has 2 unspecified atom stereocenters. The van der Waals surface area contributed by atoms with Crippen molar-refractivity contribution in [3.8, 4) is 0 Å². The SMILES string of the molecule is O=C(CN1CCCC1CN1CCCC1)N1N=C(c2cccs2)CC1c1cccs1. The van der Waals surface area contributed by atoms with Gasteiger partial charge in [-0.15, -0.1) is 22.7 Å². The van der Waals surface area contributed by atoms with Gasteiger partial charge in [0.05, 0.1) is 23.2 Å². The Morgan fingerprint density at radius 3 is 2.66 bits per heavy atom. The summed E-state index contributed by atoms with van der Waals surface area (Å²) in [6.07, 6.45) is 5.86. The van der Waals surface area contributed by atoms with Crippen molar-refractivity contribution in [2.24, 2.45) is 5.10 Å². The van der Waals surface area contributed by atoms with Crippen molar-refractivity contribution in [2.45, 2.75) is 44.2 Å². The first-order valence-corrected chi connectivity index (χ1v) is 12.5. The van der Waals surface area contributed by atoms with E-state index in [0.29, 0.717) is 12.6 Å². The normalized spacial score (nSPS) is 25.8. The van der Waals surface area contributed by atoms with Crippen molar-refractivity contribution in [2.75, 3.05) is 32.7 Å². The third-order valence-corrected chi connectivity index (χ3v) is 8.24. The number of carbonyl (C=O) groups is 1.